The highest BCUT2D eigenvalue weighted by molar-refractivity contribution is 6.33. The molecule has 0 unspecified atom stereocenters. The molecule has 0 radical (unpaired) electrons. The average Bonchev–Trinajstić information content (AvgIpc) is 2.99. The monoisotopic (exact) mass is 394 g/mol. The minimum absolute atomic E-state index is 0.108. The Hall–Kier alpha value is -3.44. The normalized spacial score (nSPS) is 13.9. The molecule has 0 N–H and O–H groups in total. The number of esters is 1. The van der Waals surface area contributed by atoms with Crippen molar-refractivity contribution in [2.24, 2.45) is 0 Å². The van der Waals surface area contributed by atoms with Crippen LogP contribution in [-0.4, -0.2) is 11.8 Å². The van der Waals surface area contributed by atoms with Crippen LogP contribution in [0.5, 0.6) is 11.5 Å². The maximum atomic E-state index is 13.0. The van der Waals surface area contributed by atoms with E-state index in [-0.39, 0.29) is 39.4 Å². The summed E-state index contributed by atoms with van der Waals surface area (Å²) in [5.41, 5.74) is 1.22. The van der Waals surface area contributed by atoms with Gasteiger partial charge in [-0.2, -0.15) is 0 Å². The number of fused-ring (bicyclic) bond motifs is 1. The van der Waals surface area contributed by atoms with E-state index in [1.54, 1.807) is 36.4 Å². The maximum absolute atomic E-state index is 13.0. The molecule has 28 heavy (non-hydrogen) atoms. The highest BCUT2D eigenvalue weighted by atomic mass is 35.5. The number of hydrogen-bond donors (Lipinski definition) is 0. The maximum Gasteiger partial charge on any atom is 0.345 e. The fraction of sp³-hybridized carbons (Fsp3) is 0. The number of carbonyl (C=O) groups is 2. The van der Waals surface area contributed by atoms with Crippen molar-refractivity contribution in [3.05, 3.63) is 100 Å². The van der Waals surface area contributed by atoms with Gasteiger partial charge in [0.1, 0.15) is 17.3 Å². The molecule has 1 aliphatic rings. The summed E-state index contributed by atoms with van der Waals surface area (Å²) in [5.74, 6) is -0.673. The Labute approximate surface area is 164 Å². The van der Waals surface area contributed by atoms with Gasteiger partial charge in [-0.05, 0) is 48.0 Å². The smallest absolute Gasteiger partial charge is 0.345 e. The molecular formula is C22H12ClFO4. The lowest BCUT2D eigenvalue weighted by Crippen LogP contribution is -2.09. The molecule has 0 saturated carbocycles. The van der Waals surface area contributed by atoms with Crippen molar-refractivity contribution >= 4 is 29.4 Å². The van der Waals surface area contributed by atoms with Gasteiger partial charge in [-0.15, -0.1) is 0 Å². The van der Waals surface area contributed by atoms with Crippen molar-refractivity contribution in [2.75, 3.05) is 0 Å². The Morgan fingerprint density at radius 3 is 2.54 bits per heavy atom. The van der Waals surface area contributed by atoms with E-state index in [0.29, 0.717) is 11.1 Å². The average molecular weight is 395 g/mol. The first kappa shape index (κ1) is 17.9. The molecule has 4 nitrogen and oxygen atoms in total. The third-order valence-electron chi connectivity index (χ3n) is 4.11. The largest absolute Gasteiger partial charge is 0.452 e. The molecule has 0 aromatic heterocycles. The zero-order valence-electron chi connectivity index (χ0n) is 14.3. The number of ketones is 1. The van der Waals surface area contributed by atoms with Crippen LogP contribution in [0.4, 0.5) is 4.39 Å². The number of rotatable bonds is 3. The Balaban J connectivity index is 1.56. The fourth-order valence-corrected chi connectivity index (χ4v) is 2.94. The van der Waals surface area contributed by atoms with Crippen LogP contribution in [0.1, 0.15) is 26.3 Å². The van der Waals surface area contributed by atoms with Crippen molar-refractivity contribution in [2.45, 2.75) is 0 Å². The lowest BCUT2D eigenvalue weighted by molar-refractivity contribution is 0.0734. The highest BCUT2D eigenvalue weighted by Crippen LogP contribution is 2.35. The third-order valence-corrected chi connectivity index (χ3v) is 4.44. The summed E-state index contributed by atoms with van der Waals surface area (Å²) in [7, 11) is 0. The molecule has 0 bridgehead atoms. The lowest BCUT2D eigenvalue weighted by atomic mass is 10.1. The fourth-order valence-electron chi connectivity index (χ4n) is 2.73. The van der Waals surface area contributed by atoms with Gasteiger partial charge in [0.15, 0.2) is 5.76 Å². The van der Waals surface area contributed by atoms with Gasteiger partial charge in [0.05, 0.1) is 16.1 Å². The topological polar surface area (TPSA) is 52.6 Å². The first-order valence-corrected chi connectivity index (χ1v) is 8.69. The quantitative estimate of drug-likeness (QED) is 0.343. The number of halogens is 2. The summed E-state index contributed by atoms with van der Waals surface area (Å²) in [6, 6.07) is 16.7. The summed E-state index contributed by atoms with van der Waals surface area (Å²) in [4.78, 5) is 24.8. The number of carbonyl (C=O) groups excluding carboxylic acids is 2. The molecule has 3 aromatic rings. The van der Waals surface area contributed by atoms with Crippen LogP contribution in [-0.2, 0) is 0 Å². The van der Waals surface area contributed by atoms with E-state index in [2.05, 4.69) is 0 Å². The number of ether oxygens (including phenoxy) is 2. The first-order chi connectivity index (χ1) is 13.5. The van der Waals surface area contributed by atoms with Crippen LogP contribution in [0, 0.1) is 5.82 Å². The minimum atomic E-state index is -0.614. The molecule has 0 spiro atoms. The highest BCUT2D eigenvalue weighted by Gasteiger charge is 2.28. The van der Waals surface area contributed by atoms with Crippen LogP contribution in [0.2, 0.25) is 5.02 Å². The van der Waals surface area contributed by atoms with Crippen LogP contribution in [0.15, 0.2) is 72.5 Å². The van der Waals surface area contributed by atoms with E-state index in [1.165, 1.54) is 36.4 Å². The molecule has 3 aromatic carbocycles. The van der Waals surface area contributed by atoms with E-state index >= 15 is 0 Å². The van der Waals surface area contributed by atoms with E-state index in [1.807, 2.05) is 0 Å². The Kier molecular flexibility index (Phi) is 4.67. The summed E-state index contributed by atoms with van der Waals surface area (Å²) in [5, 5.41) is 0.282. The summed E-state index contributed by atoms with van der Waals surface area (Å²) < 4.78 is 24.0. The molecule has 4 rings (SSSR count). The molecule has 0 aliphatic carbocycles. The second-order valence-corrected chi connectivity index (χ2v) is 6.43. The van der Waals surface area contributed by atoms with E-state index in [4.69, 9.17) is 21.1 Å². The Morgan fingerprint density at radius 2 is 1.79 bits per heavy atom. The summed E-state index contributed by atoms with van der Waals surface area (Å²) in [6.07, 6.45) is 1.52. The Bertz CT molecular complexity index is 1120. The van der Waals surface area contributed by atoms with Gasteiger partial charge in [-0.25, -0.2) is 9.18 Å². The molecule has 0 fully saturated rings. The van der Waals surface area contributed by atoms with Gasteiger partial charge in [-0.1, -0.05) is 35.9 Å². The second-order valence-electron chi connectivity index (χ2n) is 6.02. The predicted molar refractivity (Wildman–Crippen MR) is 102 cm³/mol. The van der Waals surface area contributed by atoms with Gasteiger partial charge < -0.3 is 9.47 Å². The number of Topliss-reactive ketones (excluding diaryl/α,β-unsaturated/α-hetero) is 1. The summed E-state index contributed by atoms with van der Waals surface area (Å²) in [6.45, 7) is 0. The molecule has 0 amide bonds. The number of benzene rings is 3. The SMILES string of the molecule is O=C(Oc1ccc2c(c1)OC(=Cc1ccc(F)cc1)C2=O)c1ccccc1Cl. The molecule has 1 heterocycles. The summed E-state index contributed by atoms with van der Waals surface area (Å²) >= 11 is 6.00. The molecule has 0 atom stereocenters. The standard InChI is InChI=1S/C22H12ClFO4/c23-18-4-2-1-3-16(18)22(26)27-15-9-10-17-19(12-15)28-20(21(17)25)11-13-5-7-14(24)8-6-13/h1-12H. The van der Waals surface area contributed by atoms with E-state index in [0.717, 1.165) is 0 Å². The van der Waals surface area contributed by atoms with Crippen LogP contribution >= 0.6 is 11.6 Å². The van der Waals surface area contributed by atoms with Crippen molar-refractivity contribution in [1.82, 2.24) is 0 Å². The third kappa shape index (κ3) is 3.52. The zero-order valence-corrected chi connectivity index (χ0v) is 15.1. The molecular weight excluding hydrogens is 383 g/mol. The molecule has 0 saturated heterocycles. The lowest BCUT2D eigenvalue weighted by Gasteiger charge is -2.06. The van der Waals surface area contributed by atoms with Crippen LogP contribution < -0.4 is 9.47 Å². The zero-order chi connectivity index (χ0) is 19.7. The van der Waals surface area contributed by atoms with Gasteiger partial charge >= 0.3 is 5.97 Å². The van der Waals surface area contributed by atoms with Crippen molar-refractivity contribution in [3.63, 3.8) is 0 Å². The predicted octanol–water partition coefficient (Wildman–Crippen LogP) is 5.31. The molecule has 1 aliphatic heterocycles. The van der Waals surface area contributed by atoms with Crippen LogP contribution in [0.25, 0.3) is 6.08 Å². The molecule has 138 valence electrons. The van der Waals surface area contributed by atoms with Crippen LogP contribution in [0.3, 0.4) is 0 Å². The minimum Gasteiger partial charge on any atom is -0.452 e. The first-order valence-electron chi connectivity index (χ1n) is 8.32. The molecule has 6 heteroatoms. The van der Waals surface area contributed by atoms with E-state index < -0.39 is 5.97 Å². The van der Waals surface area contributed by atoms with E-state index in [9.17, 15) is 14.0 Å². The van der Waals surface area contributed by atoms with Crippen molar-refractivity contribution in [1.29, 1.82) is 0 Å². The van der Waals surface area contributed by atoms with Crippen molar-refractivity contribution < 1.29 is 23.5 Å². The van der Waals surface area contributed by atoms with Crippen molar-refractivity contribution in [3.8, 4) is 11.5 Å². The van der Waals surface area contributed by atoms with Gasteiger partial charge in [0, 0.05) is 6.07 Å². The van der Waals surface area contributed by atoms with Gasteiger partial charge in [0.25, 0.3) is 0 Å². The Morgan fingerprint density at radius 1 is 1.04 bits per heavy atom. The van der Waals surface area contributed by atoms with Gasteiger partial charge in [0.2, 0.25) is 5.78 Å². The van der Waals surface area contributed by atoms with Gasteiger partial charge in [-0.3, -0.25) is 4.79 Å². The second kappa shape index (κ2) is 7.29. The number of hydrogen-bond acceptors (Lipinski definition) is 4. The number of allylic oxidation sites excluding steroid dienone is 1.